The molecule has 0 aliphatic carbocycles. The van der Waals surface area contributed by atoms with Crippen molar-refractivity contribution in [3.8, 4) is 0 Å². The van der Waals surface area contributed by atoms with E-state index in [4.69, 9.17) is 10.0 Å². The fourth-order valence-corrected chi connectivity index (χ4v) is 2.27. The molecule has 0 rings (SSSR count). The van der Waals surface area contributed by atoms with E-state index in [1.807, 2.05) is 0 Å². The topological polar surface area (TPSA) is 0 Å². The Labute approximate surface area is 138 Å². The van der Waals surface area contributed by atoms with Gasteiger partial charge in [0.2, 0.25) is 0 Å². The quantitative estimate of drug-likeness (QED) is 0.238. The van der Waals surface area contributed by atoms with Crippen LogP contribution in [0.2, 0.25) is 11.6 Å². The normalized spacial score (nSPS) is 10.1. The highest BCUT2D eigenvalue weighted by Gasteiger charge is 1.92. The molecule has 122 valence electrons. The first kappa shape index (κ1) is 23.1. The molecule has 0 nitrogen and oxygen atoms in total. The molecular formula is C18H40AlCl. The van der Waals surface area contributed by atoms with E-state index in [9.17, 15) is 0 Å². The smallest absolute Gasteiger partial charge is 0.262 e. The van der Waals surface area contributed by atoms with Gasteiger partial charge in [0, 0.05) is 0 Å². The Bertz CT molecular complexity index is 132. The van der Waals surface area contributed by atoms with Crippen LogP contribution in [0.5, 0.6) is 0 Å². The van der Waals surface area contributed by atoms with Crippen molar-refractivity contribution in [3.05, 3.63) is 0 Å². The molecule has 0 spiro atoms. The van der Waals surface area contributed by atoms with Crippen molar-refractivity contribution in [1.29, 1.82) is 0 Å². The van der Waals surface area contributed by atoms with E-state index in [1.54, 1.807) is 0 Å². The Kier molecular flexibility index (Phi) is 25.5. The van der Waals surface area contributed by atoms with Gasteiger partial charge in [0.15, 0.2) is 0 Å². The molecule has 0 bridgehead atoms. The number of rotatable bonds is 13. The Balaban J connectivity index is 0. The molecule has 0 fully saturated rings. The molecule has 0 aliphatic heterocycles. The van der Waals surface area contributed by atoms with Crippen LogP contribution in [0.15, 0.2) is 0 Å². The maximum Gasteiger partial charge on any atom is 0.393 e. The summed E-state index contributed by atoms with van der Waals surface area (Å²) in [6.07, 6.45) is 20.4. The first-order valence-corrected chi connectivity index (χ1v) is 13.3. The van der Waals surface area contributed by atoms with Crippen molar-refractivity contribution in [2.24, 2.45) is 0 Å². The Morgan fingerprint density at radius 1 is 0.500 bits per heavy atom. The molecule has 0 heterocycles. The second kappa shape index (κ2) is 22.1. The van der Waals surface area contributed by atoms with Crippen LogP contribution in [0.4, 0.5) is 0 Å². The zero-order valence-electron chi connectivity index (χ0n) is 14.9. The van der Waals surface area contributed by atoms with Gasteiger partial charge >= 0.3 is 13.2 Å². The van der Waals surface area contributed by atoms with Crippen molar-refractivity contribution in [2.75, 3.05) is 0 Å². The maximum absolute atomic E-state index is 5.41. The zero-order valence-corrected chi connectivity index (χ0v) is 16.8. The average molecular weight is 319 g/mol. The Morgan fingerprint density at radius 3 is 0.800 bits per heavy atom. The van der Waals surface area contributed by atoms with Gasteiger partial charge in [0.25, 0.3) is 0 Å². The molecule has 0 saturated carbocycles. The van der Waals surface area contributed by atoms with Gasteiger partial charge in [-0.05, 0) is 0 Å². The van der Waals surface area contributed by atoms with Gasteiger partial charge in [-0.2, -0.15) is 0 Å². The number of halogens is 1. The molecule has 0 amide bonds. The van der Waals surface area contributed by atoms with E-state index in [0.29, 0.717) is 0 Å². The van der Waals surface area contributed by atoms with E-state index in [-0.39, 0.29) is 0 Å². The summed E-state index contributed by atoms with van der Waals surface area (Å²) >= 11 is -0.667. The van der Waals surface area contributed by atoms with Crippen molar-refractivity contribution in [1.82, 2.24) is 0 Å². The van der Waals surface area contributed by atoms with Crippen LogP contribution < -0.4 is 0 Å². The molecule has 0 unspecified atom stereocenters. The molecule has 0 aromatic carbocycles. The van der Waals surface area contributed by atoms with Gasteiger partial charge in [0.05, 0.1) is 0 Å². The number of unbranched alkanes of at least 4 members (excludes halogenated alkanes) is 13. The molecule has 0 radical (unpaired) electrons. The van der Waals surface area contributed by atoms with Crippen molar-refractivity contribution in [2.45, 2.75) is 115 Å². The van der Waals surface area contributed by atoms with Crippen LogP contribution in [0.25, 0.3) is 0 Å². The fourth-order valence-electron chi connectivity index (χ4n) is 2.27. The summed E-state index contributed by atoms with van der Waals surface area (Å²) in [7, 11) is 5.41. The van der Waals surface area contributed by atoms with Crippen molar-refractivity contribution in [3.63, 3.8) is 0 Å². The lowest BCUT2D eigenvalue weighted by Crippen LogP contribution is -1.82. The van der Waals surface area contributed by atoms with Gasteiger partial charge in [-0.15, -0.1) is 0 Å². The summed E-state index contributed by atoms with van der Waals surface area (Å²) in [5.74, 6) is 4.14. The zero-order chi connectivity index (χ0) is 15.5. The van der Waals surface area contributed by atoms with Crippen molar-refractivity contribution >= 4 is 23.3 Å². The van der Waals surface area contributed by atoms with Gasteiger partial charge in [0.1, 0.15) is 0 Å². The largest absolute Gasteiger partial charge is 0.393 e. The minimum absolute atomic E-state index is 0.667. The van der Waals surface area contributed by atoms with Gasteiger partial charge in [-0.25, -0.2) is 0 Å². The molecule has 0 aromatic rings. The van der Waals surface area contributed by atoms with Crippen LogP contribution in [-0.4, -0.2) is 13.2 Å². The highest BCUT2D eigenvalue weighted by molar-refractivity contribution is 7.05. The summed E-state index contributed by atoms with van der Waals surface area (Å²) in [4.78, 5) is 0. The van der Waals surface area contributed by atoms with E-state index < -0.39 is 13.2 Å². The molecule has 0 aromatic heterocycles. The van der Waals surface area contributed by atoms with Crippen molar-refractivity contribution < 1.29 is 0 Å². The molecule has 2 heteroatoms. The Hall–Kier alpha value is 0.822. The van der Waals surface area contributed by atoms with E-state index in [1.165, 1.54) is 89.9 Å². The highest BCUT2D eigenvalue weighted by Crippen LogP contribution is 2.12. The first-order valence-electron chi connectivity index (χ1n) is 9.29. The molecule has 0 aliphatic rings. The predicted molar refractivity (Wildman–Crippen MR) is 99.3 cm³/mol. The van der Waals surface area contributed by atoms with E-state index >= 15 is 0 Å². The lowest BCUT2D eigenvalue weighted by atomic mass is 10.0. The summed E-state index contributed by atoms with van der Waals surface area (Å²) in [5.41, 5.74) is 0. The van der Waals surface area contributed by atoms with Crippen LogP contribution in [0, 0.1) is 0 Å². The molecule has 0 atom stereocenters. The third-order valence-electron chi connectivity index (χ3n) is 3.46. The highest BCUT2D eigenvalue weighted by atomic mass is 35.6. The van der Waals surface area contributed by atoms with Crippen LogP contribution in [0.3, 0.4) is 0 Å². The van der Waals surface area contributed by atoms with Gasteiger partial charge in [-0.3, -0.25) is 10.0 Å². The standard InChI is InChI=1S/C16H34.2CH3.Al.ClH/c1-3-5-7-9-11-13-15-16-14-12-10-8-6-4-2;;;;/h3-16H2,1-2H3;2*1H3;;1H/q;;;+1;/p-1. The average Bonchev–Trinajstić information content (AvgIpc) is 2.39. The summed E-state index contributed by atoms with van der Waals surface area (Å²) in [6.45, 7) is 4.58. The minimum atomic E-state index is -0.667. The second-order valence-corrected chi connectivity index (χ2v) is 10.9. The van der Waals surface area contributed by atoms with E-state index in [2.05, 4.69) is 25.4 Å². The summed E-state index contributed by atoms with van der Waals surface area (Å²) in [6, 6.07) is 0. The van der Waals surface area contributed by atoms with Crippen LogP contribution in [0.1, 0.15) is 104 Å². The van der Waals surface area contributed by atoms with Crippen LogP contribution in [-0.2, 0) is 0 Å². The predicted octanol–water partition coefficient (Wildman–Crippen LogP) is 7.96. The maximum atomic E-state index is 5.41. The molecule has 0 saturated heterocycles. The molecule has 0 N–H and O–H groups in total. The Morgan fingerprint density at radius 2 is 0.650 bits per heavy atom. The molecular weight excluding hydrogens is 279 g/mol. The lowest BCUT2D eigenvalue weighted by molar-refractivity contribution is 0.538. The van der Waals surface area contributed by atoms with Gasteiger partial charge in [-0.1, -0.05) is 115 Å². The third-order valence-corrected chi connectivity index (χ3v) is 3.46. The molecule has 20 heavy (non-hydrogen) atoms. The second-order valence-electron chi connectivity index (χ2n) is 6.26. The van der Waals surface area contributed by atoms with Gasteiger partial charge < -0.3 is 0 Å². The third kappa shape index (κ3) is 31.3. The van der Waals surface area contributed by atoms with Crippen LogP contribution >= 0.6 is 10.0 Å². The number of hydrogen-bond donors (Lipinski definition) is 0. The van der Waals surface area contributed by atoms with E-state index in [0.717, 1.165) is 0 Å². The monoisotopic (exact) mass is 318 g/mol. The minimum Gasteiger partial charge on any atom is -0.262 e. The summed E-state index contributed by atoms with van der Waals surface area (Å²) < 4.78 is 0. The fraction of sp³-hybridized carbons (Fsp3) is 1.00. The SMILES string of the molecule is CCCCCCCCCCCCCCCC.[CH3][Al]([CH3])[Cl]. The number of hydrogen-bond acceptors (Lipinski definition) is 0. The lowest BCUT2D eigenvalue weighted by Gasteiger charge is -2.02. The summed E-state index contributed by atoms with van der Waals surface area (Å²) in [5, 5.41) is 0. The first-order chi connectivity index (χ1) is 9.65.